The monoisotopic (exact) mass is 627 g/mol. The molecule has 2 aliphatic rings. The second-order valence-electron chi connectivity index (χ2n) is 13.2. The highest BCUT2D eigenvalue weighted by Gasteiger charge is 2.45. The molecule has 1 aromatic heterocycles. The van der Waals surface area contributed by atoms with E-state index in [1.54, 1.807) is 0 Å². The van der Waals surface area contributed by atoms with Gasteiger partial charge < -0.3 is 15.0 Å². The van der Waals surface area contributed by atoms with Crippen LogP contribution in [0.15, 0.2) is 60.7 Å². The van der Waals surface area contributed by atoms with Crippen molar-refractivity contribution in [1.29, 1.82) is 0 Å². The van der Waals surface area contributed by atoms with Crippen molar-refractivity contribution in [2.45, 2.75) is 63.5 Å². The van der Waals surface area contributed by atoms with Gasteiger partial charge in [-0.2, -0.15) is 0 Å². The maximum atomic E-state index is 13.8. The summed E-state index contributed by atoms with van der Waals surface area (Å²) in [5, 5.41) is 13.3. The highest BCUT2D eigenvalue weighted by molar-refractivity contribution is 7.90. The third kappa shape index (κ3) is 8.14. The van der Waals surface area contributed by atoms with Gasteiger partial charge in [0, 0.05) is 60.3 Å². The van der Waals surface area contributed by atoms with Crippen LogP contribution < -0.4 is 5.32 Å². The molecular weight excluding hydrogens is 582 g/mol. The predicted molar refractivity (Wildman–Crippen MR) is 181 cm³/mol. The molecule has 2 aromatic carbocycles. The number of amides is 1. The molecule has 5 rings (SSSR count). The number of carbonyl (C=O) groups is 1. The first-order valence-corrected chi connectivity index (χ1v) is 16.8. The Labute approximate surface area is 271 Å². The van der Waals surface area contributed by atoms with Gasteiger partial charge in [-0.25, -0.2) is 4.98 Å². The first-order chi connectivity index (χ1) is 21.5. The Morgan fingerprint density at radius 2 is 1.93 bits per heavy atom. The molecule has 1 fully saturated rings. The molecule has 3 aromatic rings. The summed E-state index contributed by atoms with van der Waals surface area (Å²) in [5.74, 6) is 6.23. The second kappa shape index (κ2) is 14.5. The number of fused-ring (bicyclic) bond motifs is 1. The van der Waals surface area contributed by atoms with Crippen LogP contribution >= 0.6 is 0 Å². The Morgan fingerprint density at radius 1 is 1.16 bits per heavy atom. The fourth-order valence-electron chi connectivity index (χ4n) is 6.04. The molecule has 1 unspecified atom stereocenters. The third-order valence-corrected chi connectivity index (χ3v) is 10.0. The topological polar surface area (TPSA) is 95.0 Å². The Hall–Kier alpha value is -3.23. The van der Waals surface area contributed by atoms with E-state index in [-0.39, 0.29) is 24.6 Å². The minimum Gasteiger partial charge on any atom is -0.597 e. The van der Waals surface area contributed by atoms with Gasteiger partial charge in [-0.05, 0) is 77.0 Å². The van der Waals surface area contributed by atoms with Crippen molar-refractivity contribution >= 4 is 17.3 Å². The highest BCUT2D eigenvalue weighted by Crippen LogP contribution is 2.45. The van der Waals surface area contributed by atoms with E-state index in [0.29, 0.717) is 30.9 Å². The van der Waals surface area contributed by atoms with Crippen molar-refractivity contribution in [3.63, 3.8) is 0 Å². The smallest absolute Gasteiger partial charge is 0.270 e. The number of benzene rings is 2. The average molecular weight is 628 g/mol. The fourth-order valence-corrected chi connectivity index (χ4v) is 7.45. The van der Waals surface area contributed by atoms with E-state index in [2.05, 4.69) is 46.3 Å². The summed E-state index contributed by atoms with van der Waals surface area (Å²) in [5.41, 5.74) is 5.83. The number of hydrogen-bond donors (Lipinski definition) is 2. The first kappa shape index (κ1) is 33.1. The van der Waals surface area contributed by atoms with Gasteiger partial charge in [0.05, 0.1) is 24.8 Å². The molecule has 45 heavy (non-hydrogen) atoms. The van der Waals surface area contributed by atoms with Crippen molar-refractivity contribution in [2.75, 3.05) is 40.3 Å². The van der Waals surface area contributed by atoms with Gasteiger partial charge in [0.15, 0.2) is 0 Å². The summed E-state index contributed by atoms with van der Waals surface area (Å²) in [4.78, 5) is 23.1. The van der Waals surface area contributed by atoms with E-state index in [1.807, 2.05) is 80.5 Å². The van der Waals surface area contributed by atoms with Gasteiger partial charge in [-0.3, -0.25) is 14.6 Å². The lowest BCUT2D eigenvalue weighted by Crippen LogP contribution is -2.42. The van der Waals surface area contributed by atoms with E-state index in [1.165, 1.54) is 5.56 Å². The standard InChI is InChI=1S/C36H45N5O3S/c1-36(2,3)45(44)41-24-29-22-31(35(43)37-30-16-19-40(25-30)23-27-11-7-6-8-12-27)38-34(33(29)32(41)17-20-42)28-15-9-13-26(21-28)14-10-18-39(4)5/h6-9,11-13,15,21-22,30,32,42H,16-20,23-25H2,1-5H3,(H,37,43)/t30-,32-,45?/m0/s1. The molecule has 0 radical (unpaired) electrons. The minimum atomic E-state index is -1.33. The van der Waals surface area contributed by atoms with Crippen molar-refractivity contribution in [1.82, 2.24) is 24.4 Å². The Bertz CT molecular complexity index is 1550. The van der Waals surface area contributed by atoms with E-state index in [0.717, 1.165) is 48.3 Å². The van der Waals surface area contributed by atoms with Gasteiger partial charge >= 0.3 is 0 Å². The van der Waals surface area contributed by atoms with E-state index >= 15 is 0 Å². The zero-order valence-electron chi connectivity index (χ0n) is 27.0. The van der Waals surface area contributed by atoms with Gasteiger partial charge in [-0.1, -0.05) is 54.3 Å². The fraction of sp³-hybridized carbons (Fsp3) is 0.444. The summed E-state index contributed by atoms with van der Waals surface area (Å²) < 4.78 is 15.2. The van der Waals surface area contributed by atoms with Crippen molar-refractivity contribution in [3.05, 3.63) is 88.6 Å². The molecule has 0 spiro atoms. The lowest BCUT2D eigenvalue weighted by Gasteiger charge is -2.33. The van der Waals surface area contributed by atoms with Crippen LogP contribution in [0.5, 0.6) is 0 Å². The highest BCUT2D eigenvalue weighted by atomic mass is 32.2. The van der Waals surface area contributed by atoms with Gasteiger partial charge in [0.2, 0.25) is 0 Å². The Kier molecular flexibility index (Phi) is 10.7. The number of rotatable bonds is 9. The number of nitrogens with zero attached hydrogens (tertiary/aromatic N) is 4. The molecule has 3 heterocycles. The number of likely N-dealkylation sites (tertiary alicyclic amines) is 1. The molecular formula is C36H45N5O3S. The number of pyridine rings is 1. The molecule has 2 aliphatic heterocycles. The number of hydrogen-bond acceptors (Lipinski definition) is 7. The summed E-state index contributed by atoms with van der Waals surface area (Å²) in [6, 6.07) is 19.9. The molecule has 3 atom stereocenters. The van der Waals surface area contributed by atoms with Crippen molar-refractivity contribution < 1.29 is 14.5 Å². The van der Waals surface area contributed by atoms with Crippen molar-refractivity contribution in [3.8, 4) is 23.1 Å². The van der Waals surface area contributed by atoms with Crippen LogP contribution in [-0.2, 0) is 24.5 Å². The van der Waals surface area contributed by atoms with Crippen LogP contribution in [0.4, 0.5) is 0 Å². The quantitative estimate of drug-likeness (QED) is 0.269. The first-order valence-electron chi connectivity index (χ1n) is 15.7. The predicted octanol–water partition coefficient (Wildman–Crippen LogP) is 4.37. The zero-order valence-corrected chi connectivity index (χ0v) is 27.9. The van der Waals surface area contributed by atoms with Crippen LogP contribution in [0.2, 0.25) is 0 Å². The van der Waals surface area contributed by atoms with Crippen molar-refractivity contribution in [2.24, 2.45) is 0 Å². The summed E-state index contributed by atoms with van der Waals surface area (Å²) >= 11 is -1.33. The molecule has 0 bridgehead atoms. The number of aliphatic hydroxyl groups excluding tert-OH is 1. The molecule has 9 heteroatoms. The number of aliphatic hydroxyl groups is 1. The lowest BCUT2D eigenvalue weighted by atomic mass is 9.95. The number of nitrogens with one attached hydrogen (secondary N) is 1. The molecule has 1 amide bonds. The molecule has 2 N–H and O–H groups in total. The number of aromatic nitrogens is 1. The van der Waals surface area contributed by atoms with Crippen LogP contribution in [0, 0.1) is 11.8 Å². The number of carbonyl (C=O) groups excluding carboxylic acids is 1. The van der Waals surface area contributed by atoms with E-state index in [4.69, 9.17) is 4.98 Å². The summed E-state index contributed by atoms with van der Waals surface area (Å²) in [6.45, 7) is 9.43. The summed E-state index contributed by atoms with van der Waals surface area (Å²) in [7, 11) is 3.96. The zero-order chi connectivity index (χ0) is 32.1. The van der Waals surface area contributed by atoms with E-state index in [9.17, 15) is 14.5 Å². The molecule has 8 nitrogen and oxygen atoms in total. The van der Waals surface area contributed by atoms with E-state index < -0.39 is 16.1 Å². The second-order valence-corrected chi connectivity index (χ2v) is 15.4. The van der Waals surface area contributed by atoms with Gasteiger partial charge in [0.1, 0.15) is 10.4 Å². The molecule has 238 valence electrons. The SMILES string of the molecule is CN(C)CC#Cc1cccc(-c2nc(C(=O)N[C@H]3CCN(Cc4ccccc4)C3)cc3c2[C@H](CCO)N([S+]([O-])C(C)(C)C)C3)c1. The average Bonchev–Trinajstić information content (AvgIpc) is 3.60. The molecule has 0 saturated carbocycles. The largest absolute Gasteiger partial charge is 0.597 e. The Morgan fingerprint density at radius 3 is 2.64 bits per heavy atom. The maximum absolute atomic E-state index is 13.8. The maximum Gasteiger partial charge on any atom is 0.270 e. The third-order valence-electron chi connectivity index (χ3n) is 8.14. The van der Waals surface area contributed by atoms with Gasteiger partial charge in [0.25, 0.3) is 5.91 Å². The summed E-state index contributed by atoms with van der Waals surface area (Å²) in [6.07, 6.45) is 1.29. The lowest BCUT2D eigenvalue weighted by molar-refractivity contribution is 0.0932. The Balaban J connectivity index is 1.47. The molecule has 0 aliphatic carbocycles. The van der Waals surface area contributed by atoms with Gasteiger partial charge in [-0.15, -0.1) is 4.31 Å². The van der Waals surface area contributed by atoms with Crippen LogP contribution in [0.25, 0.3) is 11.3 Å². The van der Waals surface area contributed by atoms with Crippen LogP contribution in [0.3, 0.4) is 0 Å². The van der Waals surface area contributed by atoms with Crippen LogP contribution in [-0.4, -0.2) is 85.8 Å². The normalized spacial score (nSPS) is 19.3. The molecule has 1 saturated heterocycles. The van der Waals surface area contributed by atoms with Crippen LogP contribution in [0.1, 0.15) is 72.4 Å². The minimum absolute atomic E-state index is 0.0297.